The Hall–Kier alpha value is -2.48. The van der Waals surface area contributed by atoms with Gasteiger partial charge >= 0.3 is 23.5 Å². The number of carbonyl (C=O) groups is 3. The van der Waals surface area contributed by atoms with Crippen molar-refractivity contribution in [2.75, 3.05) is 37.8 Å². The fourth-order valence-electron chi connectivity index (χ4n) is 5.61. The maximum Gasteiger partial charge on any atom is 0.481 e. The summed E-state index contributed by atoms with van der Waals surface area (Å²) in [5.41, 5.74) is 4.26. The second-order valence-corrected chi connectivity index (χ2v) is 19.8. The molecule has 0 spiro atoms. The zero-order valence-corrected chi connectivity index (χ0v) is 36.5. The molecule has 1 aliphatic rings. The Labute approximate surface area is 348 Å². The minimum Gasteiger partial charge on any atom is -0.393 e. The molecule has 2 aromatic rings. The van der Waals surface area contributed by atoms with E-state index in [-0.39, 0.29) is 47.7 Å². The predicted octanol–water partition coefficient (Wildman–Crippen LogP) is 0.776. The van der Waals surface area contributed by atoms with Crippen LogP contribution in [-0.2, 0) is 50.7 Å². The molecule has 0 aromatic carbocycles. The van der Waals surface area contributed by atoms with Crippen LogP contribution >= 0.6 is 35.2 Å². The molecular weight excluding hydrogens is 883 g/mol. The number of fused-ring (bicyclic) bond motifs is 1. The molecule has 5 unspecified atom stereocenters. The average molecular weight is 938 g/mol. The lowest BCUT2D eigenvalue weighted by molar-refractivity contribution is -0.137. The van der Waals surface area contributed by atoms with Crippen LogP contribution in [0, 0.1) is 5.41 Å². The van der Waals surface area contributed by atoms with Gasteiger partial charge in [-0.25, -0.2) is 28.6 Å². The number of rotatable bonds is 27. The van der Waals surface area contributed by atoms with Gasteiger partial charge in [-0.3, -0.25) is 32.5 Å². The molecule has 0 aliphatic carbocycles. The third-order valence-corrected chi connectivity index (χ3v) is 12.8. The number of amides is 2. The Morgan fingerprint density at radius 3 is 2.32 bits per heavy atom. The second kappa shape index (κ2) is 23.3. The zero-order valence-electron chi connectivity index (χ0n) is 33.0. The Morgan fingerprint density at radius 1 is 0.967 bits per heavy atom. The fraction of sp³-hybridized carbons (Fsp3) is 0.742. The van der Waals surface area contributed by atoms with Crippen LogP contribution < -0.4 is 16.4 Å². The van der Waals surface area contributed by atoms with Crippen LogP contribution in [0.3, 0.4) is 0 Å². The number of nitrogens with zero attached hydrogens (tertiary/aromatic N) is 4. The van der Waals surface area contributed by atoms with E-state index in [1.807, 2.05) is 0 Å². The van der Waals surface area contributed by atoms with Crippen LogP contribution in [0.5, 0.6) is 0 Å². The van der Waals surface area contributed by atoms with Crippen molar-refractivity contribution in [3.8, 4) is 0 Å². The third kappa shape index (κ3) is 17.4. The highest BCUT2D eigenvalue weighted by Crippen LogP contribution is 2.61. The molecule has 3 rings (SSSR count). The molecular formula is C31H54N7O18P3S. The Bertz CT molecular complexity index is 1890. The van der Waals surface area contributed by atoms with Gasteiger partial charge in [0.05, 0.1) is 25.6 Å². The first-order valence-electron chi connectivity index (χ1n) is 18.6. The van der Waals surface area contributed by atoms with Crippen LogP contribution in [-0.4, -0.2) is 134 Å². The molecule has 3 heterocycles. The molecule has 342 valence electrons. The van der Waals surface area contributed by atoms with Gasteiger partial charge in [-0.2, -0.15) is 4.31 Å². The van der Waals surface area contributed by atoms with E-state index in [9.17, 15) is 63.0 Å². The van der Waals surface area contributed by atoms with Gasteiger partial charge in [0.2, 0.25) is 11.8 Å². The second-order valence-electron chi connectivity index (χ2n) is 14.4. The molecule has 29 heteroatoms. The number of unbranched alkanes of at least 4 members (excludes halogenated alkanes) is 4. The van der Waals surface area contributed by atoms with Crippen molar-refractivity contribution in [2.24, 2.45) is 5.41 Å². The van der Waals surface area contributed by atoms with E-state index >= 15 is 0 Å². The third-order valence-electron chi connectivity index (χ3n) is 8.77. The SMILES string of the molecule is CC(O)CCCCCCCC(=O)SCCNC(=O)CCNC(=O)[C@@H](O)C(C)(C)COP(=O)(O)OP(=O)(O)OC[C@@H]1O[C@H](n2cnc3c(N)ncnc32)C(O)C1OP(=O)(O)O. The van der Waals surface area contributed by atoms with E-state index < -0.39 is 84.6 Å². The van der Waals surface area contributed by atoms with Crippen LogP contribution in [0.15, 0.2) is 12.7 Å². The molecule has 0 saturated carbocycles. The van der Waals surface area contributed by atoms with E-state index in [2.05, 4.69) is 34.4 Å². The molecule has 25 nitrogen and oxygen atoms in total. The highest BCUT2D eigenvalue weighted by atomic mass is 32.2. The van der Waals surface area contributed by atoms with Gasteiger partial charge in [0.1, 0.15) is 36.3 Å². The number of imidazole rings is 1. The largest absolute Gasteiger partial charge is 0.481 e. The molecule has 1 fully saturated rings. The monoisotopic (exact) mass is 937 g/mol. The van der Waals surface area contributed by atoms with Gasteiger partial charge in [0, 0.05) is 37.1 Å². The summed E-state index contributed by atoms with van der Waals surface area (Å²) in [7, 11) is -16.4. The quantitative estimate of drug-likeness (QED) is 0.0437. The van der Waals surface area contributed by atoms with Gasteiger partial charge in [0.25, 0.3) is 0 Å². The summed E-state index contributed by atoms with van der Waals surface area (Å²) in [4.78, 5) is 87.8. The van der Waals surface area contributed by atoms with Gasteiger partial charge in [0.15, 0.2) is 22.8 Å². The highest BCUT2D eigenvalue weighted by molar-refractivity contribution is 8.13. The summed E-state index contributed by atoms with van der Waals surface area (Å²) in [5.74, 6) is -1.09. The number of aliphatic hydroxyl groups excluding tert-OH is 3. The number of phosphoric ester groups is 3. The number of nitrogen functional groups attached to an aromatic ring is 1. The van der Waals surface area contributed by atoms with Crippen molar-refractivity contribution in [3.63, 3.8) is 0 Å². The van der Waals surface area contributed by atoms with E-state index in [1.54, 1.807) is 6.92 Å². The van der Waals surface area contributed by atoms with Gasteiger partial charge in [-0.15, -0.1) is 0 Å². The van der Waals surface area contributed by atoms with Crippen LogP contribution in [0.2, 0.25) is 0 Å². The molecule has 2 amide bonds. The zero-order chi connectivity index (χ0) is 44.9. The smallest absolute Gasteiger partial charge is 0.393 e. The Kier molecular flexibility index (Phi) is 20.1. The van der Waals surface area contributed by atoms with Crippen molar-refractivity contribution in [2.45, 2.75) is 109 Å². The minimum atomic E-state index is -5.58. The lowest BCUT2D eigenvalue weighted by atomic mass is 9.87. The molecule has 1 saturated heterocycles. The summed E-state index contributed by atoms with van der Waals surface area (Å²) in [5, 5.41) is 35.7. The summed E-state index contributed by atoms with van der Waals surface area (Å²) in [6.07, 6.45) is -1.40. The number of aliphatic hydroxyl groups is 3. The summed E-state index contributed by atoms with van der Waals surface area (Å²) in [6, 6.07) is 0. The summed E-state index contributed by atoms with van der Waals surface area (Å²) < 4.78 is 62.2. The maximum absolute atomic E-state index is 12.7. The number of aromatic nitrogens is 4. The standard InChI is InChI=1S/C31H54N7O18P3S/c1-19(39)9-7-5-4-6-8-10-22(41)60-14-13-33-21(40)11-12-34-29(44)26(43)31(2,3)16-53-59(50,51)56-58(48,49)52-15-20-25(55-57(45,46)47)24(42)30(54-20)38-18-37-23-27(32)35-17-36-28(23)38/h17-20,24-26,30,39,42-43H,4-16H2,1-3H3,(H,33,40)(H,34,44)(H,48,49)(H,50,51)(H2,32,35,36)(H2,45,46,47)/t19?,20-,24?,25?,26+,30-/m0/s1. The fourth-order valence-corrected chi connectivity index (χ4v) is 9.16. The molecule has 60 heavy (non-hydrogen) atoms. The molecule has 8 atom stereocenters. The number of anilines is 1. The van der Waals surface area contributed by atoms with E-state index in [0.717, 1.165) is 67.5 Å². The maximum atomic E-state index is 12.7. The normalized spacial score (nSPS) is 21.6. The molecule has 11 N–H and O–H groups in total. The summed E-state index contributed by atoms with van der Waals surface area (Å²) >= 11 is 1.11. The number of hydrogen-bond donors (Lipinski definition) is 10. The molecule has 2 aromatic heterocycles. The Morgan fingerprint density at radius 2 is 1.63 bits per heavy atom. The minimum absolute atomic E-state index is 0.0187. The van der Waals surface area contributed by atoms with E-state index in [1.165, 1.54) is 13.8 Å². The van der Waals surface area contributed by atoms with E-state index in [4.69, 9.17) is 19.5 Å². The van der Waals surface area contributed by atoms with Crippen LogP contribution in [0.4, 0.5) is 5.82 Å². The number of carbonyl (C=O) groups excluding carboxylic acids is 3. The van der Waals surface area contributed by atoms with Gasteiger partial charge in [-0.1, -0.05) is 51.3 Å². The number of thioether (sulfide) groups is 1. The predicted molar refractivity (Wildman–Crippen MR) is 211 cm³/mol. The number of nitrogens with two attached hydrogens (primary N) is 1. The average Bonchev–Trinajstić information content (AvgIpc) is 3.70. The van der Waals surface area contributed by atoms with Crippen molar-refractivity contribution in [3.05, 3.63) is 12.7 Å². The first-order chi connectivity index (χ1) is 27.9. The highest BCUT2D eigenvalue weighted by Gasteiger charge is 2.50. The topological polar surface area (TPSA) is 384 Å². The molecule has 1 aliphatic heterocycles. The Balaban J connectivity index is 1.40. The number of phosphoric acid groups is 3. The van der Waals surface area contributed by atoms with Gasteiger partial charge < -0.3 is 56.0 Å². The van der Waals surface area contributed by atoms with Crippen molar-refractivity contribution in [1.29, 1.82) is 0 Å². The van der Waals surface area contributed by atoms with E-state index in [0.29, 0.717) is 12.2 Å². The molecule has 0 radical (unpaired) electrons. The number of ether oxygens (including phenoxy) is 1. The van der Waals surface area contributed by atoms with Gasteiger partial charge in [-0.05, 0) is 19.8 Å². The number of nitrogens with one attached hydrogen (secondary N) is 2. The lowest BCUT2D eigenvalue weighted by Crippen LogP contribution is -2.46. The van der Waals surface area contributed by atoms with Crippen molar-refractivity contribution in [1.82, 2.24) is 30.2 Å². The van der Waals surface area contributed by atoms with Crippen LogP contribution in [0.1, 0.15) is 78.4 Å². The first kappa shape index (κ1) is 51.9. The van der Waals surface area contributed by atoms with Crippen molar-refractivity contribution < 1.29 is 85.6 Å². The molecule has 0 bridgehead atoms. The van der Waals surface area contributed by atoms with Crippen molar-refractivity contribution >= 4 is 69.1 Å². The van der Waals surface area contributed by atoms with Crippen LogP contribution in [0.25, 0.3) is 11.2 Å². The lowest BCUT2D eigenvalue weighted by Gasteiger charge is -2.30. The number of hydrogen-bond acceptors (Lipinski definition) is 19. The first-order valence-corrected chi connectivity index (χ1v) is 24.1. The summed E-state index contributed by atoms with van der Waals surface area (Å²) in [6.45, 7) is 2.25.